The van der Waals surface area contributed by atoms with Crippen molar-refractivity contribution in [1.82, 2.24) is 25.2 Å². The van der Waals surface area contributed by atoms with Gasteiger partial charge in [-0.3, -0.25) is 10.3 Å². The fraction of sp³-hybridized carbons (Fsp3) is 0.364. The van der Waals surface area contributed by atoms with Crippen LogP contribution in [0.2, 0.25) is 0 Å². The molecule has 0 aliphatic rings. The Labute approximate surface area is 176 Å². The number of anilines is 1. The number of fused-ring (bicyclic) bond motifs is 1. The number of carbonyl (C=O) groups excluding carboxylic acids is 1. The summed E-state index contributed by atoms with van der Waals surface area (Å²) >= 11 is 0. The molecule has 0 bridgehead atoms. The predicted octanol–water partition coefficient (Wildman–Crippen LogP) is 3.55. The molecule has 0 atom stereocenters. The van der Waals surface area contributed by atoms with Gasteiger partial charge in [0.1, 0.15) is 0 Å². The maximum Gasteiger partial charge on any atom is 0.320 e. The van der Waals surface area contributed by atoms with Crippen LogP contribution in [0.5, 0.6) is 5.88 Å². The van der Waals surface area contributed by atoms with Gasteiger partial charge in [0.25, 0.3) is 0 Å². The van der Waals surface area contributed by atoms with Crippen molar-refractivity contribution in [1.29, 1.82) is 0 Å². The Morgan fingerprint density at radius 2 is 1.87 bits per heavy atom. The van der Waals surface area contributed by atoms with Crippen molar-refractivity contribution in [2.45, 2.75) is 26.3 Å². The third kappa shape index (κ3) is 6.12. The van der Waals surface area contributed by atoms with E-state index < -0.39 is 0 Å². The fourth-order valence-electron chi connectivity index (χ4n) is 2.86. The molecule has 0 saturated heterocycles. The molecule has 0 aliphatic heterocycles. The Balaban J connectivity index is 1.70. The Morgan fingerprint density at radius 3 is 2.57 bits per heavy atom. The third-order valence-corrected chi connectivity index (χ3v) is 4.27. The van der Waals surface area contributed by atoms with Gasteiger partial charge in [0.05, 0.1) is 23.8 Å². The molecule has 0 spiro atoms. The van der Waals surface area contributed by atoms with Gasteiger partial charge in [0.2, 0.25) is 5.88 Å². The Hall–Kier alpha value is -3.26. The summed E-state index contributed by atoms with van der Waals surface area (Å²) in [4.78, 5) is 27.3. The lowest BCUT2D eigenvalue weighted by molar-refractivity contribution is 0.250. The van der Waals surface area contributed by atoms with E-state index in [1.165, 1.54) is 0 Å². The van der Waals surface area contributed by atoms with Crippen molar-refractivity contribution in [2.24, 2.45) is 0 Å². The smallest absolute Gasteiger partial charge is 0.320 e. The van der Waals surface area contributed by atoms with Gasteiger partial charge >= 0.3 is 6.03 Å². The monoisotopic (exact) mass is 408 g/mol. The van der Waals surface area contributed by atoms with Gasteiger partial charge in [-0.2, -0.15) is 0 Å². The van der Waals surface area contributed by atoms with Crippen molar-refractivity contribution in [3.05, 3.63) is 42.7 Å². The molecule has 1 aromatic carbocycles. The van der Waals surface area contributed by atoms with Crippen LogP contribution in [-0.4, -0.2) is 59.2 Å². The normalized spacial score (nSPS) is 11.1. The van der Waals surface area contributed by atoms with Crippen LogP contribution < -0.4 is 15.4 Å². The van der Waals surface area contributed by atoms with Crippen LogP contribution in [0.3, 0.4) is 0 Å². The van der Waals surface area contributed by atoms with E-state index in [0.29, 0.717) is 23.8 Å². The molecule has 3 rings (SSSR count). The number of rotatable bonds is 8. The summed E-state index contributed by atoms with van der Waals surface area (Å²) in [6.07, 6.45) is 4.28. The molecule has 158 valence electrons. The van der Waals surface area contributed by atoms with E-state index in [1.807, 2.05) is 58.3 Å². The van der Waals surface area contributed by atoms with Gasteiger partial charge in [-0.05, 0) is 58.1 Å². The van der Waals surface area contributed by atoms with Crippen LogP contribution >= 0.6 is 0 Å². The zero-order valence-corrected chi connectivity index (χ0v) is 17.8. The van der Waals surface area contributed by atoms with E-state index in [-0.39, 0.29) is 12.1 Å². The number of amides is 2. The summed E-state index contributed by atoms with van der Waals surface area (Å²) < 4.78 is 5.69. The van der Waals surface area contributed by atoms with Crippen LogP contribution in [0, 0.1) is 0 Å². The minimum Gasteiger partial charge on any atom is -0.478 e. The average molecular weight is 409 g/mol. The van der Waals surface area contributed by atoms with Gasteiger partial charge < -0.3 is 15.0 Å². The second-order valence-electron chi connectivity index (χ2n) is 7.60. The molecule has 0 unspecified atom stereocenters. The van der Waals surface area contributed by atoms with Crippen molar-refractivity contribution in [3.8, 4) is 17.0 Å². The summed E-state index contributed by atoms with van der Waals surface area (Å²) in [6, 6.07) is 9.39. The number of aromatic nitrogens is 3. The zero-order valence-electron chi connectivity index (χ0n) is 17.8. The maximum atomic E-state index is 11.9. The van der Waals surface area contributed by atoms with E-state index in [2.05, 4.69) is 30.5 Å². The average Bonchev–Trinajstić information content (AvgIpc) is 2.70. The molecule has 2 N–H and O–H groups in total. The number of ether oxygens (including phenoxy) is 1. The number of urea groups is 1. The molecule has 3 aromatic rings. The first-order valence-corrected chi connectivity index (χ1v) is 9.99. The molecular weight excluding hydrogens is 380 g/mol. The lowest BCUT2D eigenvalue weighted by Crippen LogP contribution is -2.34. The quantitative estimate of drug-likeness (QED) is 0.554. The molecule has 0 saturated carbocycles. The predicted molar refractivity (Wildman–Crippen MR) is 119 cm³/mol. The minimum atomic E-state index is -0.305. The van der Waals surface area contributed by atoms with E-state index in [0.717, 1.165) is 29.6 Å². The minimum absolute atomic E-state index is 0.0393. The number of hydrogen-bond donors (Lipinski definition) is 2. The van der Waals surface area contributed by atoms with Crippen molar-refractivity contribution >= 4 is 22.9 Å². The maximum absolute atomic E-state index is 11.9. The number of nitrogens with one attached hydrogen (secondary N) is 2. The number of benzene rings is 1. The molecular formula is C22H28N6O2. The van der Waals surface area contributed by atoms with E-state index >= 15 is 0 Å². The highest BCUT2D eigenvalue weighted by atomic mass is 16.5. The van der Waals surface area contributed by atoms with Crippen LogP contribution in [-0.2, 0) is 0 Å². The standard InChI is InChI=1S/C22H28N6O2/c1-15(2)25-22(29)27-20-14-23-18-8-6-16(12-19(18)26-20)17-7-9-21(24-13-17)30-11-5-10-28(3)4/h6-9,12-15H,5,10-11H2,1-4H3,(H2,25,26,27,29). The second kappa shape index (κ2) is 9.98. The lowest BCUT2D eigenvalue weighted by Gasteiger charge is -2.11. The molecule has 30 heavy (non-hydrogen) atoms. The van der Waals surface area contributed by atoms with Gasteiger partial charge in [-0.1, -0.05) is 6.07 Å². The Kier molecular flexibility index (Phi) is 7.13. The van der Waals surface area contributed by atoms with Crippen LogP contribution in [0.15, 0.2) is 42.7 Å². The van der Waals surface area contributed by atoms with Gasteiger partial charge in [0.15, 0.2) is 5.82 Å². The van der Waals surface area contributed by atoms with E-state index in [9.17, 15) is 4.79 Å². The molecule has 2 heterocycles. The van der Waals surface area contributed by atoms with Gasteiger partial charge in [-0.25, -0.2) is 14.8 Å². The molecule has 2 aromatic heterocycles. The molecule has 2 amide bonds. The summed E-state index contributed by atoms with van der Waals surface area (Å²) in [5.41, 5.74) is 3.36. The largest absolute Gasteiger partial charge is 0.478 e. The first-order valence-electron chi connectivity index (χ1n) is 9.99. The summed E-state index contributed by atoms with van der Waals surface area (Å²) in [5.74, 6) is 1.01. The highest BCUT2D eigenvalue weighted by molar-refractivity contribution is 5.90. The van der Waals surface area contributed by atoms with Crippen molar-refractivity contribution in [2.75, 3.05) is 32.6 Å². The summed E-state index contributed by atoms with van der Waals surface area (Å²) in [6.45, 7) is 5.40. The van der Waals surface area contributed by atoms with Gasteiger partial charge in [-0.15, -0.1) is 0 Å². The van der Waals surface area contributed by atoms with E-state index in [1.54, 1.807) is 12.4 Å². The highest BCUT2D eigenvalue weighted by Gasteiger charge is 2.08. The zero-order chi connectivity index (χ0) is 21.5. The lowest BCUT2D eigenvalue weighted by atomic mass is 10.1. The Bertz CT molecular complexity index is 989. The molecule has 0 fully saturated rings. The molecule has 0 radical (unpaired) electrons. The van der Waals surface area contributed by atoms with E-state index in [4.69, 9.17) is 4.74 Å². The number of pyridine rings is 1. The highest BCUT2D eigenvalue weighted by Crippen LogP contribution is 2.24. The van der Waals surface area contributed by atoms with Crippen molar-refractivity contribution < 1.29 is 9.53 Å². The third-order valence-electron chi connectivity index (χ3n) is 4.27. The van der Waals surface area contributed by atoms with Crippen LogP contribution in [0.1, 0.15) is 20.3 Å². The topological polar surface area (TPSA) is 92.3 Å². The summed E-state index contributed by atoms with van der Waals surface area (Å²) in [7, 11) is 4.08. The number of nitrogens with zero attached hydrogens (tertiary/aromatic N) is 4. The van der Waals surface area contributed by atoms with Crippen molar-refractivity contribution in [3.63, 3.8) is 0 Å². The molecule has 8 heteroatoms. The fourth-order valence-corrected chi connectivity index (χ4v) is 2.86. The first kappa shape index (κ1) is 21.4. The summed E-state index contributed by atoms with van der Waals surface area (Å²) in [5, 5.41) is 5.47. The van der Waals surface area contributed by atoms with Crippen LogP contribution in [0.4, 0.5) is 10.6 Å². The molecule has 0 aliphatic carbocycles. The number of hydrogen-bond acceptors (Lipinski definition) is 6. The number of carbonyl (C=O) groups is 1. The van der Waals surface area contributed by atoms with Gasteiger partial charge in [0, 0.05) is 30.4 Å². The Morgan fingerprint density at radius 1 is 1.07 bits per heavy atom. The van der Waals surface area contributed by atoms with Crippen LogP contribution in [0.25, 0.3) is 22.2 Å². The molecule has 8 nitrogen and oxygen atoms in total. The second-order valence-corrected chi connectivity index (χ2v) is 7.60. The SMILES string of the molecule is CC(C)NC(=O)Nc1cnc2ccc(-c3ccc(OCCCN(C)C)nc3)cc2n1. The first-order chi connectivity index (χ1) is 14.4.